The Morgan fingerprint density at radius 2 is 1.93 bits per heavy atom. The molecule has 3 aromatic rings. The van der Waals surface area contributed by atoms with Gasteiger partial charge in [0.05, 0.1) is 29.6 Å². The zero-order valence-electron chi connectivity index (χ0n) is 22.4. The van der Waals surface area contributed by atoms with Crippen molar-refractivity contribution in [2.75, 3.05) is 11.6 Å². The summed E-state index contributed by atoms with van der Waals surface area (Å²) in [5.74, 6) is -4.34. The second-order valence-electron chi connectivity index (χ2n) is 11.6. The Balaban J connectivity index is 1.76. The van der Waals surface area contributed by atoms with Crippen LogP contribution in [0.4, 0.5) is 14.5 Å². The number of hydrogen-bond donors (Lipinski definition) is 1. The van der Waals surface area contributed by atoms with Gasteiger partial charge in [-0.05, 0) is 47.7 Å². The Morgan fingerprint density at radius 3 is 2.51 bits per heavy atom. The summed E-state index contributed by atoms with van der Waals surface area (Å²) >= 11 is 12.3. The quantitative estimate of drug-likeness (QED) is 0.365. The summed E-state index contributed by atoms with van der Waals surface area (Å²) in [5.41, 5.74) is -1.89. The smallest absolute Gasteiger partial charge is 0.354 e. The molecule has 11 heteroatoms. The first-order chi connectivity index (χ1) is 19.3. The summed E-state index contributed by atoms with van der Waals surface area (Å²) in [5, 5.41) is 20.2. The molecule has 2 aromatic carbocycles. The molecule has 7 nitrogen and oxygen atoms in total. The average Bonchev–Trinajstić information content (AvgIpc) is 3.37. The molecule has 0 spiro atoms. The molecule has 0 bridgehead atoms. The molecule has 2 aliphatic rings. The van der Waals surface area contributed by atoms with Gasteiger partial charge in [0.2, 0.25) is 5.91 Å². The van der Waals surface area contributed by atoms with Gasteiger partial charge in [-0.2, -0.15) is 5.26 Å². The standard InChI is InChI=1S/C30H26Cl2F2N4O3/c1-29(2,3)12-23-30(14-35,19-9-7-16(31)11-21(19)33)24(18-5-4-6-20(32)25(18)34)26-27(39)37(15-38(23)26)17-8-10-22(28(40)41)36-13-17/h4-11,13,23-24,26H,12,15H2,1-3H3,(H,40,41)/t23-,24-,26+,30-/m0/s1. The number of amides is 1. The topological polar surface area (TPSA) is 97.5 Å². The van der Waals surface area contributed by atoms with Crippen LogP contribution in [0.15, 0.2) is 54.7 Å². The van der Waals surface area contributed by atoms with Crippen molar-refractivity contribution in [3.8, 4) is 6.07 Å². The van der Waals surface area contributed by atoms with E-state index in [-0.39, 0.29) is 38.9 Å². The minimum Gasteiger partial charge on any atom is -0.477 e. The monoisotopic (exact) mass is 598 g/mol. The highest BCUT2D eigenvalue weighted by molar-refractivity contribution is 6.31. The minimum atomic E-state index is -1.70. The third-order valence-corrected chi connectivity index (χ3v) is 8.40. The largest absolute Gasteiger partial charge is 0.477 e. The Hall–Kier alpha value is -3.58. The number of pyridine rings is 1. The number of fused-ring (bicyclic) bond motifs is 1. The molecular weight excluding hydrogens is 573 g/mol. The van der Waals surface area contributed by atoms with Crippen molar-refractivity contribution < 1.29 is 23.5 Å². The Kier molecular flexibility index (Phi) is 7.31. The van der Waals surface area contributed by atoms with Gasteiger partial charge in [-0.15, -0.1) is 0 Å². The van der Waals surface area contributed by atoms with Crippen LogP contribution in [0.25, 0.3) is 0 Å². The lowest BCUT2D eigenvalue weighted by Crippen LogP contribution is -2.48. The lowest BCUT2D eigenvalue weighted by Gasteiger charge is -2.40. The molecule has 3 heterocycles. The van der Waals surface area contributed by atoms with E-state index in [2.05, 4.69) is 11.1 Å². The number of anilines is 1. The minimum absolute atomic E-state index is 0.00430. The maximum Gasteiger partial charge on any atom is 0.354 e. The van der Waals surface area contributed by atoms with Gasteiger partial charge in [0, 0.05) is 22.5 Å². The Morgan fingerprint density at radius 1 is 1.20 bits per heavy atom. The van der Waals surface area contributed by atoms with E-state index in [1.54, 1.807) is 0 Å². The van der Waals surface area contributed by atoms with E-state index in [0.717, 1.165) is 6.07 Å². The molecule has 5 rings (SSSR count). The van der Waals surface area contributed by atoms with Gasteiger partial charge in [-0.3, -0.25) is 14.6 Å². The molecule has 0 radical (unpaired) electrons. The van der Waals surface area contributed by atoms with Crippen LogP contribution >= 0.6 is 23.2 Å². The SMILES string of the molecule is CC(C)(C)C[C@@H]1N2CN(c3ccc(C(=O)O)nc3)C(=O)[C@H]2[C@H](c2cccc(Cl)c2F)[C@@]1(C#N)c1ccc(Cl)cc1F. The molecule has 2 fully saturated rings. The Bertz CT molecular complexity index is 1590. The second-order valence-corrected chi connectivity index (χ2v) is 12.4. The molecule has 0 unspecified atom stereocenters. The van der Waals surface area contributed by atoms with Crippen LogP contribution in [0.5, 0.6) is 0 Å². The van der Waals surface area contributed by atoms with Crippen molar-refractivity contribution >= 4 is 40.8 Å². The van der Waals surface area contributed by atoms with Crippen LogP contribution in [0.3, 0.4) is 0 Å². The lowest BCUT2D eigenvalue weighted by atomic mass is 9.62. The normalized spacial score (nSPS) is 24.4. The van der Waals surface area contributed by atoms with Gasteiger partial charge >= 0.3 is 5.97 Å². The van der Waals surface area contributed by atoms with Crippen LogP contribution in [0, 0.1) is 28.4 Å². The van der Waals surface area contributed by atoms with Crippen molar-refractivity contribution in [1.29, 1.82) is 5.26 Å². The first kappa shape index (κ1) is 28.9. The number of carbonyl (C=O) groups excluding carboxylic acids is 1. The molecule has 212 valence electrons. The van der Waals surface area contributed by atoms with Crippen molar-refractivity contribution in [2.24, 2.45) is 5.41 Å². The lowest BCUT2D eigenvalue weighted by molar-refractivity contribution is -0.119. The van der Waals surface area contributed by atoms with Crippen LogP contribution < -0.4 is 4.90 Å². The van der Waals surface area contributed by atoms with Gasteiger partial charge in [-0.25, -0.2) is 18.6 Å². The fourth-order valence-electron chi connectivity index (χ4n) is 6.26. The number of halogens is 4. The number of carboxylic acids is 1. The van der Waals surface area contributed by atoms with Crippen LogP contribution in [-0.4, -0.2) is 45.6 Å². The number of aromatic nitrogens is 1. The zero-order chi connectivity index (χ0) is 29.9. The number of nitriles is 1. The summed E-state index contributed by atoms with van der Waals surface area (Å²) in [6.45, 7) is 5.91. The van der Waals surface area contributed by atoms with E-state index < -0.39 is 46.9 Å². The maximum atomic E-state index is 15.8. The number of aromatic carboxylic acids is 1. The molecule has 2 aliphatic heterocycles. The van der Waals surface area contributed by atoms with Crippen molar-refractivity contribution in [3.63, 3.8) is 0 Å². The first-order valence-electron chi connectivity index (χ1n) is 12.9. The van der Waals surface area contributed by atoms with E-state index in [1.807, 2.05) is 25.7 Å². The third-order valence-electron chi connectivity index (χ3n) is 7.88. The van der Waals surface area contributed by atoms with Crippen LogP contribution in [-0.2, 0) is 10.2 Å². The number of hydrogen-bond acceptors (Lipinski definition) is 5. The summed E-state index contributed by atoms with van der Waals surface area (Å²) in [7, 11) is 0. The van der Waals surface area contributed by atoms with Gasteiger partial charge in [0.25, 0.3) is 0 Å². The predicted molar refractivity (Wildman–Crippen MR) is 150 cm³/mol. The van der Waals surface area contributed by atoms with E-state index in [4.69, 9.17) is 23.2 Å². The first-order valence-corrected chi connectivity index (χ1v) is 13.6. The molecule has 1 N–H and O–H groups in total. The molecule has 4 atom stereocenters. The molecule has 0 aliphatic carbocycles. The molecule has 0 saturated carbocycles. The molecule has 1 aromatic heterocycles. The summed E-state index contributed by atoms with van der Waals surface area (Å²) in [4.78, 5) is 32.7. The molecule has 2 saturated heterocycles. The summed E-state index contributed by atoms with van der Waals surface area (Å²) < 4.78 is 31.6. The zero-order valence-corrected chi connectivity index (χ0v) is 23.9. The third kappa shape index (κ3) is 4.74. The van der Waals surface area contributed by atoms with E-state index in [1.165, 1.54) is 53.6 Å². The van der Waals surface area contributed by atoms with Crippen molar-refractivity contribution in [1.82, 2.24) is 9.88 Å². The maximum absolute atomic E-state index is 15.8. The second kappa shape index (κ2) is 10.4. The number of benzene rings is 2. The van der Waals surface area contributed by atoms with Crippen molar-refractivity contribution in [2.45, 2.75) is 50.6 Å². The molecular formula is C30H26Cl2F2N4O3. The van der Waals surface area contributed by atoms with Gasteiger partial charge in [-0.1, -0.05) is 62.2 Å². The number of nitrogens with zero attached hydrogens (tertiary/aromatic N) is 4. The highest BCUT2D eigenvalue weighted by Crippen LogP contribution is 2.58. The van der Waals surface area contributed by atoms with E-state index >= 15 is 8.78 Å². The Labute approximate surface area is 245 Å². The molecule has 41 heavy (non-hydrogen) atoms. The number of carboxylic acid groups (broad SMARTS) is 1. The predicted octanol–water partition coefficient (Wildman–Crippen LogP) is 6.40. The highest BCUT2D eigenvalue weighted by Gasteiger charge is 2.67. The van der Waals surface area contributed by atoms with E-state index in [0.29, 0.717) is 12.1 Å². The highest BCUT2D eigenvalue weighted by atomic mass is 35.5. The van der Waals surface area contributed by atoms with Crippen LogP contribution in [0.2, 0.25) is 10.0 Å². The van der Waals surface area contributed by atoms with Gasteiger partial charge < -0.3 is 5.11 Å². The van der Waals surface area contributed by atoms with E-state index in [9.17, 15) is 20.0 Å². The van der Waals surface area contributed by atoms with Crippen LogP contribution in [0.1, 0.15) is 54.7 Å². The fourth-order valence-corrected chi connectivity index (χ4v) is 6.60. The summed E-state index contributed by atoms with van der Waals surface area (Å²) in [6, 6.07) is 11.7. The molecule has 1 amide bonds. The van der Waals surface area contributed by atoms with Gasteiger partial charge in [0.1, 0.15) is 28.8 Å². The summed E-state index contributed by atoms with van der Waals surface area (Å²) in [6.07, 6.45) is 1.64. The number of carbonyl (C=O) groups is 2. The van der Waals surface area contributed by atoms with Crippen molar-refractivity contribution in [3.05, 3.63) is 93.2 Å². The fraction of sp³-hybridized carbons (Fsp3) is 0.333. The average molecular weight is 599 g/mol. The van der Waals surface area contributed by atoms with Gasteiger partial charge in [0.15, 0.2) is 0 Å². The number of rotatable bonds is 5.